The summed E-state index contributed by atoms with van der Waals surface area (Å²) in [7, 11) is 1.21. The number of amides is 2. The minimum atomic E-state index is -1.00. The molecule has 0 aliphatic heterocycles. The molecule has 4 N–H and O–H groups in total. The van der Waals surface area contributed by atoms with E-state index in [1.807, 2.05) is 37.3 Å². The number of alkyl halides is 1. The highest BCUT2D eigenvalue weighted by molar-refractivity contribution is 9.09. The molecule has 1 rings (SSSR count). The molecule has 0 aromatic heterocycles. The quantitative estimate of drug-likeness (QED) is 0.221. The lowest BCUT2D eigenvalue weighted by molar-refractivity contribution is -0.143. The lowest BCUT2D eigenvalue weighted by atomic mass is 10.1. The normalized spacial score (nSPS) is 13.6. The Bertz CT molecular complexity index is 661. The van der Waals surface area contributed by atoms with Crippen molar-refractivity contribution in [3.05, 3.63) is 35.9 Å². The molecule has 1 aromatic rings. The Morgan fingerprint density at radius 1 is 1.20 bits per heavy atom. The number of nitrogens with one attached hydrogen (secondary N) is 2. The van der Waals surface area contributed by atoms with Gasteiger partial charge in [-0.1, -0.05) is 53.2 Å². The SMILES string of the molecule is CCC(Br)CC(CNC(=O)CC[C@H](NC(=O)OCc1ccccc1)C(=O)OC)ON. The number of esters is 1. The van der Waals surface area contributed by atoms with Crippen LogP contribution in [-0.2, 0) is 30.5 Å². The van der Waals surface area contributed by atoms with E-state index in [0.29, 0.717) is 6.42 Å². The molecule has 2 unspecified atom stereocenters. The van der Waals surface area contributed by atoms with E-state index in [9.17, 15) is 14.4 Å². The molecule has 3 atom stereocenters. The van der Waals surface area contributed by atoms with Gasteiger partial charge in [-0.05, 0) is 24.8 Å². The third-order valence-electron chi connectivity index (χ3n) is 4.33. The highest BCUT2D eigenvalue weighted by atomic mass is 79.9. The molecule has 0 heterocycles. The second-order valence-electron chi connectivity index (χ2n) is 6.62. The topological polar surface area (TPSA) is 129 Å². The van der Waals surface area contributed by atoms with Crippen LogP contribution in [0.2, 0.25) is 0 Å². The van der Waals surface area contributed by atoms with Crippen LogP contribution in [0, 0.1) is 0 Å². The zero-order valence-corrected chi connectivity index (χ0v) is 18.9. The van der Waals surface area contributed by atoms with Crippen LogP contribution in [0.15, 0.2) is 30.3 Å². The smallest absolute Gasteiger partial charge is 0.408 e. The predicted molar refractivity (Wildman–Crippen MR) is 114 cm³/mol. The Morgan fingerprint density at radius 3 is 2.50 bits per heavy atom. The number of halogens is 1. The van der Waals surface area contributed by atoms with Crippen LogP contribution in [0.25, 0.3) is 0 Å². The number of rotatable bonds is 13. The van der Waals surface area contributed by atoms with Gasteiger partial charge in [0.1, 0.15) is 12.6 Å². The lowest BCUT2D eigenvalue weighted by Crippen LogP contribution is -2.43. The molecule has 10 heteroatoms. The van der Waals surface area contributed by atoms with E-state index in [1.165, 1.54) is 7.11 Å². The summed E-state index contributed by atoms with van der Waals surface area (Å²) in [6.07, 6.45) is 0.507. The fraction of sp³-hybridized carbons (Fsp3) is 0.550. The molecule has 30 heavy (non-hydrogen) atoms. The first kappa shape index (κ1) is 25.9. The summed E-state index contributed by atoms with van der Waals surface area (Å²) >= 11 is 3.50. The fourth-order valence-electron chi connectivity index (χ4n) is 2.53. The van der Waals surface area contributed by atoms with Crippen LogP contribution in [0.5, 0.6) is 0 Å². The zero-order valence-electron chi connectivity index (χ0n) is 17.3. The third-order valence-corrected chi connectivity index (χ3v) is 5.35. The summed E-state index contributed by atoms with van der Waals surface area (Å²) < 4.78 is 9.81. The highest BCUT2D eigenvalue weighted by Gasteiger charge is 2.23. The van der Waals surface area contributed by atoms with Gasteiger partial charge in [-0.2, -0.15) is 0 Å². The maximum absolute atomic E-state index is 12.1. The average Bonchev–Trinajstić information content (AvgIpc) is 2.77. The van der Waals surface area contributed by atoms with Crippen LogP contribution >= 0.6 is 15.9 Å². The largest absolute Gasteiger partial charge is 0.467 e. The Kier molecular flexibility index (Phi) is 12.7. The summed E-state index contributed by atoms with van der Waals surface area (Å²) in [4.78, 5) is 41.2. The molecule has 1 aromatic carbocycles. The number of nitrogens with two attached hydrogens (primary N) is 1. The molecule has 0 fully saturated rings. The van der Waals surface area contributed by atoms with Crippen molar-refractivity contribution in [1.29, 1.82) is 0 Å². The highest BCUT2D eigenvalue weighted by Crippen LogP contribution is 2.13. The first-order valence-corrected chi connectivity index (χ1v) is 10.6. The number of ether oxygens (including phenoxy) is 2. The van der Waals surface area contributed by atoms with E-state index < -0.39 is 18.1 Å². The van der Waals surface area contributed by atoms with Crippen molar-refractivity contribution in [2.75, 3.05) is 13.7 Å². The van der Waals surface area contributed by atoms with E-state index >= 15 is 0 Å². The number of methoxy groups -OCH3 is 1. The number of benzene rings is 1. The second kappa shape index (κ2) is 14.8. The summed E-state index contributed by atoms with van der Waals surface area (Å²) in [5.74, 6) is 4.31. The van der Waals surface area contributed by atoms with Gasteiger partial charge in [-0.3, -0.25) is 9.63 Å². The first-order valence-electron chi connectivity index (χ1n) is 9.70. The van der Waals surface area contributed by atoms with E-state index in [1.54, 1.807) is 0 Å². The summed E-state index contributed by atoms with van der Waals surface area (Å²) in [6, 6.07) is 8.13. The molecular weight excluding hydrogens is 458 g/mol. The molecule has 9 nitrogen and oxygen atoms in total. The standard InChI is InChI=1S/C20H30BrN3O6/c1-3-15(21)11-16(30-22)12-23-18(25)10-9-17(19(26)28-2)24-20(27)29-13-14-7-5-4-6-8-14/h4-8,15-17H,3,9-13,22H2,1-2H3,(H,23,25)(H,24,27)/t15?,16?,17-/m0/s1. The summed E-state index contributed by atoms with van der Waals surface area (Å²) in [5.41, 5.74) is 0.812. The lowest BCUT2D eigenvalue weighted by Gasteiger charge is -2.19. The van der Waals surface area contributed by atoms with Gasteiger partial charge in [0.15, 0.2) is 0 Å². The second-order valence-corrected chi connectivity index (χ2v) is 7.92. The van der Waals surface area contributed by atoms with Gasteiger partial charge in [0.25, 0.3) is 0 Å². The van der Waals surface area contributed by atoms with Gasteiger partial charge in [0.2, 0.25) is 5.91 Å². The number of hydrogen-bond donors (Lipinski definition) is 3. The van der Waals surface area contributed by atoms with Crippen LogP contribution < -0.4 is 16.5 Å². The molecule has 0 saturated heterocycles. The van der Waals surface area contributed by atoms with Gasteiger partial charge in [0, 0.05) is 17.8 Å². The molecule has 0 spiro atoms. The summed E-state index contributed by atoms with van der Waals surface area (Å²) in [5, 5.41) is 5.15. The number of carbonyl (C=O) groups excluding carboxylic acids is 3. The minimum Gasteiger partial charge on any atom is -0.467 e. The molecule has 0 radical (unpaired) electrons. The van der Waals surface area contributed by atoms with Crippen molar-refractivity contribution >= 4 is 33.9 Å². The van der Waals surface area contributed by atoms with Gasteiger partial charge in [-0.25, -0.2) is 15.5 Å². The number of carbonyl (C=O) groups is 3. The van der Waals surface area contributed by atoms with Crippen molar-refractivity contribution in [3.8, 4) is 0 Å². The van der Waals surface area contributed by atoms with Gasteiger partial charge in [-0.15, -0.1) is 0 Å². The van der Waals surface area contributed by atoms with Crippen molar-refractivity contribution in [2.24, 2.45) is 5.90 Å². The fourth-order valence-corrected chi connectivity index (χ4v) is 2.95. The van der Waals surface area contributed by atoms with E-state index in [0.717, 1.165) is 12.0 Å². The van der Waals surface area contributed by atoms with Crippen LogP contribution in [0.3, 0.4) is 0 Å². The van der Waals surface area contributed by atoms with Crippen LogP contribution in [0.1, 0.15) is 38.2 Å². The van der Waals surface area contributed by atoms with E-state index in [4.69, 9.17) is 20.2 Å². The summed E-state index contributed by atoms with van der Waals surface area (Å²) in [6.45, 7) is 2.33. The van der Waals surface area contributed by atoms with E-state index in [-0.39, 0.29) is 42.8 Å². The molecule has 0 bridgehead atoms. The van der Waals surface area contributed by atoms with Crippen molar-refractivity contribution < 1.29 is 28.7 Å². The molecular formula is C20H30BrN3O6. The van der Waals surface area contributed by atoms with E-state index in [2.05, 4.69) is 26.6 Å². The number of hydrogen-bond acceptors (Lipinski definition) is 7. The minimum absolute atomic E-state index is 0.00153. The zero-order chi connectivity index (χ0) is 22.4. The van der Waals surface area contributed by atoms with Crippen molar-refractivity contribution in [2.45, 2.75) is 56.2 Å². The van der Waals surface area contributed by atoms with Gasteiger partial charge >= 0.3 is 12.1 Å². The third kappa shape index (κ3) is 10.6. The van der Waals surface area contributed by atoms with Crippen LogP contribution in [0.4, 0.5) is 4.79 Å². The van der Waals surface area contributed by atoms with Crippen molar-refractivity contribution in [1.82, 2.24) is 10.6 Å². The predicted octanol–water partition coefficient (Wildman–Crippen LogP) is 2.17. The monoisotopic (exact) mass is 487 g/mol. The average molecular weight is 488 g/mol. The maximum atomic E-state index is 12.1. The molecule has 2 amide bonds. The maximum Gasteiger partial charge on any atom is 0.408 e. The van der Waals surface area contributed by atoms with Gasteiger partial charge in [0.05, 0.1) is 13.2 Å². The van der Waals surface area contributed by atoms with Crippen molar-refractivity contribution in [3.63, 3.8) is 0 Å². The van der Waals surface area contributed by atoms with Gasteiger partial charge < -0.3 is 20.1 Å². The molecule has 168 valence electrons. The number of alkyl carbamates (subject to hydrolysis) is 1. The Morgan fingerprint density at radius 2 is 1.90 bits per heavy atom. The molecule has 0 aliphatic carbocycles. The molecule has 0 aliphatic rings. The Balaban J connectivity index is 2.44. The molecule has 0 saturated carbocycles. The Labute approximate surface area is 185 Å². The Hall–Kier alpha value is -2.17. The first-order chi connectivity index (χ1) is 14.4. The van der Waals surface area contributed by atoms with Crippen LogP contribution in [-0.4, -0.2) is 48.6 Å².